The Kier molecular flexibility index (Phi) is 4.70. The zero-order chi connectivity index (χ0) is 15.4. The molecule has 2 aromatic rings. The molecule has 0 bridgehead atoms. The smallest absolute Gasteiger partial charge is 0.280 e. The van der Waals surface area contributed by atoms with Crippen molar-refractivity contribution in [2.45, 2.75) is 26.3 Å². The first-order valence-corrected chi connectivity index (χ1v) is 6.89. The fourth-order valence-electron chi connectivity index (χ4n) is 1.81. The van der Waals surface area contributed by atoms with Crippen molar-refractivity contribution in [3.8, 4) is 0 Å². The lowest BCUT2D eigenvalue weighted by atomic mass is 10.2. The molecule has 7 heteroatoms. The van der Waals surface area contributed by atoms with Gasteiger partial charge in [0.05, 0.1) is 0 Å². The van der Waals surface area contributed by atoms with E-state index in [-0.39, 0.29) is 17.4 Å². The summed E-state index contributed by atoms with van der Waals surface area (Å²) in [6.07, 6.45) is 0. The van der Waals surface area contributed by atoms with Crippen LogP contribution in [0.1, 0.15) is 31.2 Å². The molecule has 0 fully saturated rings. The minimum absolute atomic E-state index is 0.0357. The predicted molar refractivity (Wildman–Crippen MR) is 82.5 cm³/mol. The molecule has 2 rings (SSSR count). The van der Waals surface area contributed by atoms with E-state index in [0.29, 0.717) is 17.4 Å². The number of H-pyrrole nitrogens is 1. The highest BCUT2D eigenvalue weighted by Crippen LogP contribution is 2.22. The lowest BCUT2D eigenvalue weighted by molar-refractivity contribution is 0.765. The van der Waals surface area contributed by atoms with Gasteiger partial charge in [-0.15, -0.1) is 5.11 Å². The number of hydrogen-bond acceptors (Lipinski definition) is 5. The van der Waals surface area contributed by atoms with Crippen LogP contribution in [0.3, 0.4) is 0 Å². The Morgan fingerprint density at radius 3 is 2.76 bits per heavy atom. The van der Waals surface area contributed by atoms with E-state index in [1.54, 1.807) is 6.07 Å². The summed E-state index contributed by atoms with van der Waals surface area (Å²) in [6, 6.07) is 7.39. The molecule has 0 unspecified atom stereocenters. The number of halogens is 1. The molecule has 0 aliphatic carbocycles. The third-order valence-corrected chi connectivity index (χ3v) is 3.34. The van der Waals surface area contributed by atoms with Gasteiger partial charge in [0.2, 0.25) is 0 Å². The minimum atomic E-state index is -0.426. The maximum absolute atomic E-state index is 11.9. The molecule has 110 valence electrons. The van der Waals surface area contributed by atoms with Crippen LogP contribution in [-0.4, -0.2) is 9.97 Å². The molecular weight excluding hydrogens is 290 g/mol. The summed E-state index contributed by atoms with van der Waals surface area (Å²) in [4.78, 5) is 18.9. The van der Waals surface area contributed by atoms with Gasteiger partial charge in [-0.1, -0.05) is 43.6 Å². The Hall–Kier alpha value is -2.21. The third kappa shape index (κ3) is 3.46. The van der Waals surface area contributed by atoms with Crippen LogP contribution in [0.15, 0.2) is 34.2 Å². The molecular formula is C14H16ClN5O. The van der Waals surface area contributed by atoms with Gasteiger partial charge in [0.15, 0.2) is 11.5 Å². The van der Waals surface area contributed by atoms with Gasteiger partial charge in [-0.05, 0) is 11.6 Å². The Balaban J connectivity index is 2.32. The van der Waals surface area contributed by atoms with Crippen LogP contribution in [0.5, 0.6) is 0 Å². The SMILES string of the molecule is CC(C)c1nc(NCc2ccccc2Cl)c(N=N)c(=O)[nH]1. The first kappa shape index (κ1) is 15.2. The first-order valence-electron chi connectivity index (χ1n) is 6.52. The number of benzene rings is 1. The van der Waals surface area contributed by atoms with Gasteiger partial charge in [-0.2, -0.15) is 0 Å². The van der Waals surface area contributed by atoms with Gasteiger partial charge in [0.1, 0.15) is 5.82 Å². The second-order valence-corrected chi connectivity index (χ2v) is 5.27. The highest BCUT2D eigenvalue weighted by Gasteiger charge is 2.13. The van der Waals surface area contributed by atoms with Crippen molar-refractivity contribution in [1.82, 2.24) is 9.97 Å². The number of nitrogens with one attached hydrogen (secondary N) is 3. The molecule has 0 aliphatic heterocycles. The molecule has 1 heterocycles. The topological polar surface area (TPSA) is 94.0 Å². The highest BCUT2D eigenvalue weighted by atomic mass is 35.5. The van der Waals surface area contributed by atoms with E-state index < -0.39 is 5.56 Å². The molecule has 0 atom stereocenters. The zero-order valence-electron chi connectivity index (χ0n) is 11.8. The van der Waals surface area contributed by atoms with Crippen LogP contribution in [0.25, 0.3) is 0 Å². The van der Waals surface area contributed by atoms with Crippen LogP contribution < -0.4 is 10.9 Å². The molecule has 0 spiro atoms. The Labute approximate surface area is 127 Å². The first-order chi connectivity index (χ1) is 10.0. The molecule has 3 N–H and O–H groups in total. The highest BCUT2D eigenvalue weighted by molar-refractivity contribution is 6.31. The Morgan fingerprint density at radius 1 is 1.43 bits per heavy atom. The van der Waals surface area contributed by atoms with E-state index in [1.165, 1.54) is 0 Å². The average Bonchev–Trinajstić information content (AvgIpc) is 2.45. The second-order valence-electron chi connectivity index (χ2n) is 4.86. The Morgan fingerprint density at radius 2 is 2.14 bits per heavy atom. The monoisotopic (exact) mass is 305 g/mol. The maximum Gasteiger partial charge on any atom is 0.280 e. The van der Waals surface area contributed by atoms with Gasteiger partial charge in [0.25, 0.3) is 5.56 Å². The van der Waals surface area contributed by atoms with E-state index in [4.69, 9.17) is 17.1 Å². The summed E-state index contributed by atoms with van der Waals surface area (Å²) in [5, 5.41) is 6.91. The van der Waals surface area contributed by atoms with E-state index in [0.717, 1.165) is 5.56 Å². The second kappa shape index (κ2) is 6.49. The lowest BCUT2D eigenvalue weighted by Gasteiger charge is -2.11. The fraction of sp³-hybridized carbons (Fsp3) is 0.286. The van der Waals surface area contributed by atoms with E-state index in [1.807, 2.05) is 32.0 Å². The summed E-state index contributed by atoms with van der Waals surface area (Å²) in [5.41, 5.74) is 7.54. The summed E-state index contributed by atoms with van der Waals surface area (Å²) >= 11 is 6.09. The molecule has 21 heavy (non-hydrogen) atoms. The number of nitrogens with zero attached hydrogens (tertiary/aromatic N) is 2. The van der Waals surface area contributed by atoms with Crippen molar-refractivity contribution in [2.75, 3.05) is 5.32 Å². The van der Waals surface area contributed by atoms with Gasteiger partial charge >= 0.3 is 0 Å². The molecule has 6 nitrogen and oxygen atoms in total. The molecule has 0 amide bonds. The van der Waals surface area contributed by atoms with E-state index in [9.17, 15) is 4.79 Å². The number of aromatic nitrogens is 2. The number of rotatable bonds is 5. The van der Waals surface area contributed by atoms with Crippen LogP contribution in [0.2, 0.25) is 5.02 Å². The van der Waals surface area contributed by atoms with Crippen LogP contribution in [-0.2, 0) is 6.54 Å². The fourth-order valence-corrected chi connectivity index (χ4v) is 2.01. The van der Waals surface area contributed by atoms with Gasteiger partial charge in [-0.25, -0.2) is 10.5 Å². The quantitative estimate of drug-likeness (QED) is 0.733. The molecule has 1 aromatic carbocycles. The number of anilines is 1. The maximum atomic E-state index is 11.9. The Bertz CT molecular complexity index is 711. The summed E-state index contributed by atoms with van der Waals surface area (Å²) in [5.74, 6) is 0.907. The van der Waals surface area contributed by atoms with Gasteiger partial charge in [0, 0.05) is 17.5 Å². The largest absolute Gasteiger partial charge is 0.364 e. The van der Waals surface area contributed by atoms with Crippen molar-refractivity contribution in [3.05, 3.63) is 51.0 Å². The summed E-state index contributed by atoms with van der Waals surface area (Å²) < 4.78 is 0. The summed E-state index contributed by atoms with van der Waals surface area (Å²) in [6.45, 7) is 4.25. The molecule has 0 aliphatic rings. The molecule has 1 aromatic heterocycles. The van der Waals surface area contributed by atoms with Crippen molar-refractivity contribution < 1.29 is 0 Å². The zero-order valence-corrected chi connectivity index (χ0v) is 12.5. The molecule has 0 saturated heterocycles. The normalized spacial score (nSPS) is 10.7. The average molecular weight is 306 g/mol. The van der Waals surface area contributed by atoms with Crippen molar-refractivity contribution >= 4 is 23.1 Å². The van der Waals surface area contributed by atoms with Crippen LogP contribution in [0, 0.1) is 5.53 Å². The standard InChI is InChI=1S/C14H16ClN5O/c1-8(2)12-18-13(11(20-16)14(21)19-12)17-7-9-5-3-4-6-10(9)15/h3-6,8,16H,7H2,1-2H3,(H2,17,18,19,21). The van der Waals surface area contributed by atoms with E-state index in [2.05, 4.69) is 20.4 Å². The number of aromatic amines is 1. The van der Waals surface area contributed by atoms with Crippen LogP contribution >= 0.6 is 11.6 Å². The van der Waals surface area contributed by atoms with Crippen molar-refractivity contribution in [1.29, 1.82) is 5.53 Å². The van der Waals surface area contributed by atoms with Gasteiger partial charge in [-0.3, -0.25) is 4.79 Å². The number of hydrogen-bond donors (Lipinski definition) is 3. The van der Waals surface area contributed by atoms with Crippen LogP contribution in [0.4, 0.5) is 11.5 Å². The molecule has 0 radical (unpaired) electrons. The minimum Gasteiger partial charge on any atom is -0.364 e. The van der Waals surface area contributed by atoms with Crippen molar-refractivity contribution in [2.24, 2.45) is 5.11 Å². The van der Waals surface area contributed by atoms with E-state index >= 15 is 0 Å². The third-order valence-electron chi connectivity index (χ3n) is 2.98. The van der Waals surface area contributed by atoms with Gasteiger partial charge < -0.3 is 10.3 Å². The molecule has 0 saturated carbocycles. The van der Waals surface area contributed by atoms with Crippen molar-refractivity contribution in [3.63, 3.8) is 0 Å². The summed E-state index contributed by atoms with van der Waals surface area (Å²) in [7, 11) is 0. The predicted octanol–water partition coefficient (Wildman–Crippen LogP) is 3.82. The lowest BCUT2D eigenvalue weighted by Crippen LogP contribution is -2.16.